The molecule has 1 aromatic carbocycles. The first-order chi connectivity index (χ1) is 6.56. The van der Waals surface area contributed by atoms with E-state index in [4.69, 9.17) is 15.3 Å². The second kappa shape index (κ2) is 3.87. The fourth-order valence-corrected chi connectivity index (χ4v) is 0.955. The van der Waals surface area contributed by atoms with Crippen molar-refractivity contribution in [1.82, 2.24) is 0 Å². The first-order valence-corrected chi connectivity index (χ1v) is 3.61. The van der Waals surface area contributed by atoms with Crippen molar-refractivity contribution >= 4 is 18.3 Å². The number of nitro benzene ring substituents is 1. The van der Waals surface area contributed by atoms with Gasteiger partial charge in [-0.25, -0.2) is 0 Å². The zero-order chi connectivity index (χ0) is 10.7. The molecule has 6 nitrogen and oxygen atoms in total. The molecule has 0 saturated heterocycles. The van der Waals surface area contributed by atoms with Gasteiger partial charge in [-0.3, -0.25) is 10.1 Å². The molecule has 0 aliphatic heterocycles. The third-order valence-electron chi connectivity index (χ3n) is 1.64. The van der Waals surface area contributed by atoms with Crippen molar-refractivity contribution in [3.8, 4) is 6.07 Å². The van der Waals surface area contributed by atoms with E-state index in [1.165, 1.54) is 12.1 Å². The number of nitrogens with zero attached hydrogens (tertiary/aromatic N) is 2. The predicted octanol–water partition coefficient (Wildman–Crippen LogP) is -0.854. The summed E-state index contributed by atoms with van der Waals surface area (Å²) in [5.41, 5.74) is -0.562. The summed E-state index contributed by atoms with van der Waals surface area (Å²) in [6, 6.07) is 5.02. The molecular weight excluding hydrogens is 187 g/mol. The fourth-order valence-electron chi connectivity index (χ4n) is 0.955. The zero-order valence-electron chi connectivity index (χ0n) is 6.91. The molecule has 0 unspecified atom stereocenters. The number of benzene rings is 1. The number of hydrogen-bond acceptors (Lipinski definition) is 5. The molecule has 0 radical (unpaired) electrons. The van der Waals surface area contributed by atoms with Gasteiger partial charge in [0.2, 0.25) is 0 Å². The minimum atomic E-state index is -1.78. The number of nitriles is 1. The summed E-state index contributed by atoms with van der Waals surface area (Å²) in [6.45, 7) is 0. The minimum Gasteiger partial charge on any atom is -0.423 e. The first kappa shape index (κ1) is 10.2. The van der Waals surface area contributed by atoms with Crippen molar-refractivity contribution in [3.63, 3.8) is 0 Å². The van der Waals surface area contributed by atoms with Crippen molar-refractivity contribution in [3.05, 3.63) is 33.9 Å². The molecule has 1 rings (SSSR count). The molecule has 0 aromatic heterocycles. The van der Waals surface area contributed by atoms with Crippen molar-refractivity contribution < 1.29 is 15.0 Å². The van der Waals surface area contributed by atoms with Gasteiger partial charge in [0.1, 0.15) is 11.6 Å². The summed E-state index contributed by atoms with van der Waals surface area (Å²) in [5, 5.41) is 36.5. The van der Waals surface area contributed by atoms with E-state index in [0.29, 0.717) is 0 Å². The molecule has 70 valence electrons. The fraction of sp³-hybridized carbons (Fsp3) is 0. The van der Waals surface area contributed by atoms with Crippen LogP contribution in [0.25, 0.3) is 0 Å². The van der Waals surface area contributed by atoms with E-state index in [-0.39, 0.29) is 11.0 Å². The quantitative estimate of drug-likeness (QED) is 0.360. The Hall–Kier alpha value is -1.91. The van der Waals surface area contributed by atoms with Gasteiger partial charge in [0.25, 0.3) is 5.69 Å². The van der Waals surface area contributed by atoms with Gasteiger partial charge < -0.3 is 10.0 Å². The third kappa shape index (κ3) is 1.88. The van der Waals surface area contributed by atoms with Crippen LogP contribution in [0, 0.1) is 21.4 Å². The Morgan fingerprint density at radius 2 is 2.14 bits per heavy atom. The summed E-state index contributed by atoms with van der Waals surface area (Å²) in [6.07, 6.45) is 0. The Morgan fingerprint density at radius 1 is 1.50 bits per heavy atom. The molecule has 0 amide bonds. The van der Waals surface area contributed by atoms with Crippen molar-refractivity contribution in [2.75, 3.05) is 0 Å². The molecule has 0 saturated carbocycles. The Kier molecular flexibility index (Phi) is 2.81. The van der Waals surface area contributed by atoms with Gasteiger partial charge in [-0.05, 0) is 11.5 Å². The molecule has 0 atom stereocenters. The average Bonchev–Trinajstić information content (AvgIpc) is 2.16. The minimum absolute atomic E-state index is 0.0179. The largest absolute Gasteiger partial charge is 0.488 e. The maximum atomic E-state index is 10.4. The second-order valence-corrected chi connectivity index (χ2v) is 2.52. The first-order valence-electron chi connectivity index (χ1n) is 3.61. The highest BCUT2D eigenvalue weighted by molar-refractivity contribution is 6.58. The molecule has 0 aliphatic carbocycles. The van der Waals surface area contributed by atoms with Crippen LogP contribution >= 0.6 is 0 Å². The van der Waals surface area contributed by atoms with Crippen LogP contribution in [0.1, 0.15) is 5.56 Å². The molecule has 7 heteroatoms. The predicted molar refractivity (Wildman–Crippen MR) is 47.6 cm³/mol. The lowest BCUT2D eigenvalue weighted by Crippen LogP contribution is -2.29. The Balaban J connectivity index is 3.30. The van der Waals surface area contributed by atoms with E-state index < -0.39 is 17.7 Å². The number of nitro groups is 1. The van der Waals surface area contributed by atoms with Gasteiger partial charge in [0, 0.05) is 6.07 Å². The van der Waals surface area contributed by atoms with Crippen LogP contribution in [0.4, 0.5) is 5.69 Å². The maximum absolute atomic E-state index is 10.4. The van der Waals surface area contributed by atoms with E-state index in [2.05, 4.69) is 0 Å². The lowest BCUT2D eigenvalue weighted by molar-refractivity contribution is -0.385. The normalized spacial score (nSPS) is 9.21. The van der Waals surface area contributed by atoms with Crippen LogP contribution in [0.15, 0.2) is 18.2 Å². The molecule has 0 bridgehead atoms. The van der Waals surface area contributed by atoms with Crippen LogP contribution in [0.5, 0.6) is 0 Å². The van der Waals surface area contributed by atoms with Gasteiger partial charge in [0.15, 0.2) is 0 Å². The molecule has 0 aliphatic rings. The summed E-state index contributed by atoms with van der Waals surface area (Å²) >= 11 is 0. The molecule has 0 spiro atoms. The summed E-state index contributed by atoms with van der Waals surface area (Å²) < 4.78 is 0. The standard InChI is InChI=1S/C7H5BN2O4/c9-4-5-1-2-6(8(11)12)3-7(5)10(13)14/h1-3,11-12H. The van der Waals surface area contributed by atoms with Crippen LogP contribution in [-0.2, 0) is 0 Å². The SMILES string of the molecule is N#Cc1ccc(B(O)O)cc1[N+](=O)[O-]. The smallest absolute Gasteiger partial charge is 0.423 e. The average molecular weight is 192 g/mol. The third-order valence-corrected chi connectivity index (χ3v) is 1.64. The highest BCUT2D eigenvalue weighted by Gasteiger charge is 2.19. The molecule has 0 fully saturated rings. The van der Waals surface area contributed by atoms with Crippen molar-refractivity contribution in [2.45, 2.75) is 0 Å². The number of rotatable bonds is 2. The highest BCUT2D eigenvalue weighted by atomic mass is 16.6. The van der Waals surface area contributed by atoms with E-state index >= 15 is 0 Å². The molecule has 14 heavy (non-hydrogen) atoms. The number of hydrogen-bond donors (Lipinski definition) is 2. The van der Waals surface area contributed by atoms with E-state index in [1.54, 1.807) is 6.07 Å². The summed E-state index contributed by atoms with van der Waals surface area (Å²) in [4.78, 5) is 9.70. The van der Waals surface area contributed by atoms with Crippen LogP contribution in [0.3, 0.4) is 0 Å². The zero-order valence-corrected chi connectivity index (χ0v) is 6.91. The lowest BCUT2D eigenvalue weighted by Gasteiger charge is -1.99. The van der Waals surface area contributed by atoms with E-state index in [1.807, 2.05) is 0 Å². The maximum Gasteiger partial charge on any atom is 0.488 e. The second-order valence-electron chi connectivity index (χ2n) is 2.52. The van der Waals surface area contributed by atoms with E-state index in [9.17, 15) is 10.1 Å². The van der Waals surface area contributed by atoms with Gasteiger partial charge in [0.05, 0.1) is 4.92 Å². The lowest BCUT2D eigenvalue weighted by atomic mass is 9.80. The van der Waals surface area contributed by atoms with Gasteiger partial charge in [-0.1, -0.05) is 6.07 Å². The Bertz CT molecular complexity index is 413. The van der Waals surface area contributed by atoms with Crippen molar-refractivity contribution in [2.24, 2.45) is 0 Å². The molecule has 1 aromatic rings. The summed E-state index contributed by atoms with van der Waals surface area (Å²) in [5.74, 6) is 0. The highest BCUT2D eigenvalue weighted by Crippen LogP contribution is 2.14. The van der Waals surface area contributed by atoms with Gasteiger partial charge in [-0.15, -0.1) is 0 Å². The van der Waals surface area contributed by atoms with Crippen LogP contribution in [-0.4, -0.2) is 22.1 Å². The monoisotopic (exact) mass is 192 g/mol. The van der Waals surface area contributed by atoms with Crippen molar-refractivity contribution in [1.29, 1.82) is 5.26 Å². The molecule has 2 N–H and O–H groups in total. The van der Waals surface area contributed by atoms with Gasteiger partial charge in [-0.2, -0.15) is 5.26 Å². The van der Waals surface area contributed by atoms with Crippen LogP contribution in [0.2, 0.25) is 0 Å². The molecular formula is C7H5BN2O4. The molecule has 0 heterocycles. The Morgan fingerprint density at radius 3 is 2.57 bits per heavy atom. The van der Waals surface area contributed by atoms with E-state index in [0.717, 1.165) is 6.07 Å². The summed E-state index contributed by atoms with van der Waals surface area (Å²) in [7, 11) is -1.78. The van der Waals surface area contributed by atoms with Gasteiger partial charge >= 0.3 is 7.12 Å². The topological polar surface area (TPSA) is 107 Å². The van der Waals surface area contributed by atoms with Crippen LogP contribution < -0.4 is 5.46 Å². The Labute approximate surface area is 79.3 Å².